The Labute approximate surface area is 191 Å². The predicted octanol–water partition coefficient (Wildman–Crippen LogP) is 4.16. The number of pyridine rings is 1. The smallest absolute Gasteiger partial charge is 0.292 e. The fraction of sp³-hybridized carbons (Fsp3) is 0.375. The van der Waals surface area contributed by atoms with Gasteiger partial charge in [0.1, 0.15) is 11.6 Å². The van der Waals surface area contributed by atoms with Crippen LogP contribution >= 0.6 is 0 Å². The summed E-state index contributed by atoms with van der Waals surface area (Å²) in [5, 5.41) is 9.15. The van der Waals surface area contributed by atoms with Gasteiger partial charge >= 0.3 is 0 Å². The zero-order chi connectivity index (χ0) is 23.8. The number of hydrogen-bond acceptors (Lipinski definition) is 6. The van der Waals surface area contributed by atoms with Crippen molar-refractivity contribution in [1.82, 2.24) is 20.4 Å². The predicted molar refractivity (Wildman–Crippen MR) is 120 cm³/mol. The molecular formula is C24H26FN5O3. The molecule has 0 spiro atoms. The van der Waals surface area contributed by atoms with Crippen molar-refractivity contribution in [2.24, 2.45) is 5.92 Å². The van der Waals surface area contributed by atoms with Crippen LogP contribution in [-0.2, 0) is 16.8 Å². The van der Waals surface area contributed by atoms with Gasteiger partial charge in [0, 0.05) is 29.6 Å². The normalized spacial score (nSPS) is 13.6. The molecule has 0 atom stereocenters. The van der Waals surface area contributed by atoms with Crippen LogP contribution < -0.4 is 10.6 Å². The summed E-state index contributed by atoms with van der Waals surface area (Å²) in [7, 11) is 0. The second-order valence-corrected chi connectivity index (χ2v) is 9.26. The van der Waals surface area contributed by atoms with Crippen LogP contribution in [-0.4, -0.2) is 26.9 Å². The van der Waals surface area contributed by atoms with E-state index in [4.69, 9.17) is 4.52 Å². The van der Waals surface area contributed by atoms with Crippen LogP contribution in [0.15, 0.2) is 35.0 Å². The zero-order valence-electron chi connectivity index (χ0n) is 19.0. The average molecular weight is 452 g/mol. The van der Waals surface area contributed by atoms with Crippen molar-refractivity contribution in [3.05, 3.63) is 59.1 Å². The Morgan fingerprint density at radius 1 is 1.21 bits per heavy atom. The SMILES string of the molecule is Cc1c(-c2ccnc(NC(=O)C3CC3)c2)ccc(CNC(=O)c2noc(C(C)(C)C)n2)c1F. The van der Waals surface area contributed by atoms with Crippen LogP contribution in [0.2, 0.25) is 0 Å². The minimum Gasteiger partial charge on any atom is -0.345 e. The van der Waals surface area contributed by atoms with Crippen molar-refractivity contribution in [2.75, 3.05) is 5.32 Å². The summed E-state index contributed by atoms with van der Waals surface area (Å²) in [6.07, 6.45) is 3.39. The van der Waals surface area contributed by atoms with Crippen molar-refractivity contribution < 1.29 is 18.5 Å². The molecule has 1 aliphatic carbocycles. The Morgan fingerprint density at radius 3 is 2.64 bits per heavy atom. The first-order chi connectivity index (χ1) is 15.6. The Morgan fingerprint density at radius 2 is 1.97 bits per heavy atom. The van der Waals surface area contributed by atoms with Gasteiger partial charge < -0.3 is 15.2 Å². The number of nitrogens with zero attached hydrogens (tertiary/aromatic N) is 3. The fourth-order valence-electron chi connectivity index (χ4n) is 3.31. The van der Waals surface area contributed by atoms with E-state index in [1.54, 1.807) is 37.4 Å². The molecule has 2 heterocycles. The van der Waals surface area contributed by atoms with Crippen LogP contribution in [0, 0.1) is 18.7 Å². The molecule has 33 heavy (non-hydrogen) atoms. The molecule has 9 heteroatoms. The maximum atomic E-state index is 15.1. The van der Waals surface area contributed by atoms with Gasteiger partial charge in [0.05, 0.1) is 0 Å². The molecule has 0 saturated heterocycles. The van der Waals surface area contributed by atoms with Crippen LogP contribution in [0.3, 0.4) is 0 Å². The molecule has 1 aliphatic rings. The highest BCUT2D eigenvalue weighted by Crippen LogP contribution is 2.31. The summed E-state index contributed by atoms with van der Waals surface area (Å²) in [4.78, 5) is 32.7. The molecule has 0 aliphatic heterocycles. The fourth-order valence-corrected chi connectivity index (χ4v) is 3.31. The van der Waals surface area contributed by atoms with Crippen molar-refractivity contribution in [3.63, 3.8) is 0 Å². The number of carbonyl (C=O) groups is 2. The molecule has 0 bridgehead atoms. The lowest BCUT2D eigenvalue weighted by atomic mass is 9.97. The average Bonchev–Trinajstić information content (AvgIpc) is 3.49. The van der Waals surface area contributed by atoms with E-state index in [9.17, 15) is 9.59 Å². The third-order valence-electron chi connectivity index (χ3n) is 5.45. The molecule has 2 N–H and O–H groups in total. The first-order valence-electron chi connectivity index (χ1n) is 10.8. The van der Waals surface area contributed by atoms with Gasteiger partial charge in [-0.25, -0.2) is 9.37 Å². The van der Waals surface area contributed by atoms with E-state index in [-0.39, 0.29) is 29.6 Å². The number of rotatable bonds is 6. The highest BCUT2D eigenvalue weighted by Gasteiger charge is 2.30. The molecular weight excluding hydrogens is 425 g/mol. The second kappa shape index (κ2) is 8.73. The molecule has 1 saturated carbocycles. The molecule has 1 aromatic carbocycles. The van der Waals surface area contributed by atoms with E-state index < -0.39 is 11.7 Å². The number of halogens is 1. The van der Waals surface area contributed by atoms with Gasteiger partial charge in [0.25, 0.3) is 11.7 Å². The number of anilines is 1. The second-order valence-electron chi connectivity index (χ2n) is 9.26. The lowest BCUT2D eigenvalue weighted by Crippen LogP contribution is -2.25. The highest BCUT2D eigenvalue weighted by molar-refractivity contribution is 5.93. The Hall–Kier alpha value is -3.62. The van der Waals surface area contributed by atoms with E-state index in [1.807, 2.05) is 20.8 Å². The first-order valence-corrected chi connectivity index (χ1v) is 10.8. The maximum absolute atomic E-state index is 15.1. The molecule has 0 unspecified atom stereocenters. The van der Waals surface area contributed by atoms with Gasteiger partial charge in [-0.1, -0.05) is 38.1 Å². The standard InChI is InChI=1S/C24H26FN5O3/c1-13-17(15-9-10-26-18(11-15)28-21(31)14-5-6-14)8-7-16(19(13)25)12-27-22(32)20-29-23(33-30-20)24(2,3)4/h7-11,14H,5-6,12H2,1-4H3,(H,27,32)(H,26,28,31). The van der Waals surface area contributed by atoms with Crippen LogP contribution in [0.5, 0.6) is 0 Å². The van der Waals surface area contributed by atoms with E-state index in [2.05, 4.69) is 25.8 Å². The lowest BCUT2D eigenvalue weighted by molar-refractivity contribution is -0.117. The molecule has 1 fully saturated rings. The molecule has 172 valence electrons. The maximum Gasteiger partial charge on any atom is 0.292 e. The van der Waals surface area contributed by atoms with Gasteiger partial charge in [0.2, 0.25) is 11.8 Å². The number of amides is 2. The van der Waals surface area contributed by atoms with Crippen molar-refractivity contribution in [1.29, 1.82) is 0 Å². The minimum atomic E-state index is -0.541. The molecule has 2 aromatic heterocycles. The number of hydrogen-bond donors (Lipinski definition) is 2. The zero-order valence-corrected chi connectivity index (χ0v) is 19.0. The van der Waals surface area contributed by atoms with Crippen LogP contribution in [0.4, 0.5) is 10.2 Å². The Balaban J connectivity index is 1.47. The third kappa shape index (κ3) is 5.08. The van der Waals surface area contributed by atoms with Gasteiger partial charge in [-0.3, -0.25) is 9.59 Å². The number of benzene rings is 1. The largest absolute Gasteiger partial charge is 0.345 e. The summed E-state index contributed by atoms with van der Waals surface area (Å²) in [6.45, 7) is 7.34. The van der Waals surface area contributed by atoms with Gasteiger partial charge in [0.15, 0.2) is 0 Å². The van der Waals surface area contributed by atoms with E-state index in [0.717, 1.165) is 18.4 Å². The monoisotopic (exact) mass is 451 g/mol. The summed E-state index contributed by atoms with van der Waals surface area (Å²) in [5.74, 6) is -0.232. The van der Waals surface area contributed by atoms with E-state index in [1.165, 1.54) is 0 Å². The third-order valence-corrected chi connectivity index (χ3v) is 5.45. The first kappa shape index (κ1) is 22.6. The molecule has 3 aromatic rings. The topological polar surface area (TPSA) is 110 Å². The number of carbonyl (C=O) groups excluding carboxylic acids is 2. The summed E-state index contributed by atoms with van der Waals surface area (Å²) in [6, 6.07) is 6.90. The van der Waals surface area contributed by atoms with Gasteiger partial charge in [-0.2, -0.15) is 4.98 Å². The Bertz CT molecular complexity index is 1210. The summed E-state index contributed by atoms with van der Waals surface area (Å²) >= 11 is 0. The quantitative estimate of drug-likeness (QED) is 0.582. The molecule has 4 rings (SSSR count). The van der Waals surface area contributed by atoms with Crippen molar-refractivity contribution in [3.8, 4) is 11.1 Å². The molecule has 0 radical (unpaired) electrons. The molecule has 2 amide bonds. The van der Waals surface area contributed by atoms with Crippen LogP contribution in [0.25, 0.3) is 11.1 Å². The highest BCUT2D eigenvalue weighted by atomic mass is 19.1. The number of nitrogens with one attached hydrogen (secondary N) is 2. The lowest BCUT2D eigenvalue weighted by Gasteiger charge is -2.13. The van der Waals surface area contributed by atoms with E-state index >= 15 is 4.39 Å². The summed E-state index contributed by atoms with van der Waals surface area (Å²) < 4.78 is 20.2. The molecule has 8 nitrogen and oxygen atoms in total. The Kier molecular flexibility index (Phi) is 5.97. The van der Waals surface area contributed by atoms with Gasteiger partial charge in [-0.05, 0) is 48.6 Å². The minimum absolute atomic E-state index is 0.0236. The van der Waals surface area contributed by atoms with Crippen LogP contribution in [0.1, 0.15) is 61.2 Å². The van der Waals surface area contributed by atoms with E-state index in [0.29, 0.717) is 28.4 Å². The van der Waals surface area contributed by atoms with Crippen molar-refractivity contribution >= 4 is 17.6 Å². The number of aromatic nitrogens is 3. The van der Waals surface area contributed by atoms with Gasteiger partial charge in [-0.15, -0.1) is 0 Å². The summed E-state index contributed by atoms with van der Waals surface area (Å²) in [5.41, 5.74) is 1.81. The van der Waals surface area contributed by atoms with Crippen molar-refractivity contribution in [2.45, 2.75) is 52.5 Å².